The van der Waals surface area contributed by atoms with Crippen molar-refractivity contribution in [3.8, 4) is 11.1 Å². The fourth-order valence-corrected chi connectivity index (χ4v) is 1.79. The van der Waals surface area contributed by atoms with Gasteiger partial charge in [0.1, 0.15) is 11.6 Å². The standard InChI is InChI=1S/C12H15FN4/c1-16(2)10-6-4-5-9(13)11(10)8-7-15-17(3)12(8)14/h4-7H,14H2,1-3H3. The number of halogens is 1. The molecule has 2 N–H and O–H groups in total. The summed E-state index contributed by atoms with van der Waals surface area (Å²) in [5.74, 6) is 0.161. The molecule has 0 radical (unpaired) electrons. The molecule has 0 saturated heterocycles. The predicted molar refractivity (Wildman–Crippen MR) is 67.3 cm³/mol. The Morgan fingerprint density at radius 3 is 2.59 bits per heavy atom. The van der Waals surface area contributed by atoms with Crippen LogP contribution in [0.5, 0.6) is 0 Å². The summed E-state index contributed by atoms with van der Waals surface area (Å²) in [5, 5.41) is 4.04. The molecule has 1 aromatic carbocycles. The third-order valence-electron chi connectivity index (χ3n) is 2.73. The molecule has 0 aliphatic rings. The molecule has 0 aliphatic carbocycles. The fourth-order valence-electron chi connectivity index (χ4n) is 1.79. The van der Waals surface area contributed by atoms with Crippen molar-refractivity contribution in [3.05, 3.63) is 30.2 Å². The summed E-state index contributed by atoms with van der Waals surface area (Å²) in [6.45, 7) is 0. The summed E-state index contributed by atoms with van der Waals surface area (Å²) < 4.78 is 15.5. The van der Waals surface area contributed by atoms with Gasteiger partial charge in [0.25, 0.3) is 0 Å². The molecule has 0 bridgehead atoms. The van der Waals surface area contributed by atoms with Gasteiger partial charge >= 0.3 is 0 Å². The number of rotatable bonds is 2. The zero-order chi connectivity index (χ0) is 12.6. The van der Waals surface area contributed by atoms with E-state index in [-0.39, 0.29) is 5.82 Å². The Kier molecular flexibility index (Phi) is 2.75. The van der Waals surface area contributed by atoms with Gasteiger partial charge in [-0.2, -0.15) is 5.10 Å². The van der Waals surface area contributed by atoms with Gasteiger partial charge in [0.15, 0.2) is 0 Å². The average Bonchev–Trinajstić information content (AvgIpc) is 2.60. The molecule has 5 heteroatoms. The van der Waals surface area contributed by atoms with Crippen molar-refractivity contribution in [3.63, 3.8) is 0 Å². The van der Waals surface area contributed by atoms with Gasteiger partial charge in [-0.3, -0.25) is 4.68 Å². The van der Waals surface area contributed by atoms with Gasteiger partial charge in [0.05, 0.1) is 6.20 Å². The van der Waals surface area contributed by atoms with E-state index < -0.39 is 0 Å². The highest BCUT2D eigenvalue weighted by molar-refractivity contribution is 5.84. The number of nitrogens with zero attached hydrogens (tertiary/aromatic N) is 3. The number of aryl methyl sites for hydroxylation is 1. The lowest BCUT2D eigenvalue weighted by molar-refractivity contribution is 0.631. The summed E-state index contributed by atoms with van der Waals surface area (Å²) in [6, 6.07) is 4.96. The van der Waals surface area contributed by atoms with E-state index in [4.69, 9.17) is 5.73 Å². The molecular formula is C12H15FN4. The second kappa shape index (κ2) is 4.08. The Labute approximate surface area is 99.5 Å². The largest absolute Gasteiger partial charge is 0.383 e. The molecule has 4 nitrogen and oxygen atoms in total. The highest BCUT2D eigenvalue weighted by Gasteiger charge is 2.17. The highest BCUT2D eigenvalue weighted by atomic mass is 19.1. The first-order valence-corrected chi connectivity index (χ1v) is 5.26. The van der Waals surface area contributed by atoms with Crippen molar-refractivity contribution in [2.75, 3.05) is 24.7 Å². The van der Waals surface area contributed by atoms with E-state index in [0.717, 1.165) is 5.69 Å². The van der Waals surface area contributed by atoms with E-state index in [9.17, 15) is 4.39 Å². The fraction of sp³-hybridized carbons (Fsp3) is 0.250. The Morgan fingerprint density at radius 2 is 2.06 bits per heavy atom. The van der Waals surface area contributed by atoms with Crippen LogP contribution >= 0.6 is 0 Å². The minimum Gasteiger partial charge on any atom is -0.383 e. The normalized spacial score (nSPS) is 10.6. The highest BCUT2D eigenvalue weighted by Crippen LogP contribution is 2.35. The first kappa shape index (κ1) is 11.4. The lowest BCUT2D eigenvalue weighted by Gasteiger charge is -2.17. The lowest BCUT2D eigenvalue weighted by Crippen LogP contribution is -2.11. The van der Waals surface area contributed by atoms with Crippen LogP contribution in [0.2, 0.25) is 0 Å². The topological polar surface area (TPSA) is 47.1 Å². The molecule has 17 heavy (non-hydrogen) atoms. The first-order chi connectivity index (χ1) is 8.02. The summed E-state index contributed by atoms with van der Waals surface area (Å²) in [6.07, 6.45) is 1.58. The van der Waals surface area contributed by atoms with Crippen LogP contribution in [-0.4, -0.2) is 23.9 Å². The van der Waals surface area contributed by atoms with E-state index in [2.05, 4.69) is 5.10 Å². The van der Waals surface area contributed by atoms with Crippen molar-refractivity contribution in [2.24, 2.45) is 7.05 Å². The molecule has 0 unspecified atom stereocenters. The maximum atomic E-state index is 14.0. The minimum absolute atomic E-state index is 0.295. The van der Waals surface area contributed by atoms with Gasteiger partial charge in [-0.05, 0) is 12.1 Å². The predicted octanol–water partition coefficient (Wildman–Crippen LogP) is 1.87. The van der Waals surface area contributed by atoms with Crippen LogP contribution in [-0.2, 0) is 7.05 Å². The van der Waals surface area contributed by atoms with Crippen LogP contribution in [0.15, 0.2) is 24.4 Å². The van der Waals surface area contributed by atoms with Gasteiger partial charge in [-0.1, -0.05) is 6.07 Å². The Hall–Kier alpha value is -2.04. The Balaban J connectivity index is 2.70. The molecule has 0 atom stereocenters. The summed E-state index contributed by atoms with van der Waals surface area (Å²) >= 11 is 0. The number of aromatic nitrogens is 2. The second-order valence-electron chi connectivity index (χ2n) is 4.10. The van der Waals surface area contributed by atoms with Crippen molar-refractivity contribution in [2.45, 2.75) is 0 Å². The molecule has 1 heterocycles. The van der Waals surface area contributed by atoms with Crippen molar-refractivity contribution < 1.29 is 4.39 Å². The third-order valence-corrected chi connectivity index (χ3v) is 2.73. The van der Waals surface area contributed by atoms with Crippen LogP contribution in [0.4, 0.5) is 15.9 Å². The number of benzene rings is 1. The van der Waals surface area contributed by atoms with Gasteiger partial charge < -0.3 is 10.6 Å². The maximum Gasteiger partial charge on any atom is 0.133 e. The number of nitrogens with two attached hydrogens (primary N) is 1. The van der Waals surface area contributed by atoms with Gasteiger partial charge in [0, 0.05) is 38.0 Å². The quantitative estimate of drug-likeness (QED) is 0.863. The van der Waals surface area contributed by atoms with Crippen molar-refractivity contribution in [1.29, 1.82) is 0 Å². The summed E-state index contributed by atoms with van der Waals surface area (Å²) in [7, 11) is 5.46. The number of anilines is 2. The SMILES string of the molecule is CN(C)c1cccc(F)c1-c1cnn(C)c1N. The molecule has 90 valence electrons. The number of hydrogen-bond acceptors (Lipinski definition) is 3. The monoisotopic (exact) mass is 234 g/mol. The van der Waals surface area contributed by atoms with E-state index >= 15 is 0 Å². The van der Waals surface area contributed by atoms with E-state index in [1.165, 1.54) is 10.7 Å². The molecule has 2 rings (SSSR count). The third kappa shape index (κ3) is 1.84. The van der Waals surface area contributed by atoms with E-state index in [1.54, 1.807) is 19.3 Å². The number of nitrogen functional groups attached to an aromatic ring is 1. The van der Waals surface area contributed by atoms with Crippen molar-refractivity contribution >= 4 is 11.5 Å². The molecule has 1 aromatic heterocycles. The van der Waals surface area contributed by atoms with Gasteiger partial charge in [0.2, 0.25) is 0 Å². The van der Waals surface area contributed by atoms with Crippen LogP contribution in [0.3, 0.4) is 0 Å². The zero-order valence-corrected chi connectivity index (χ0v) is 10.1. The Morgan fingerprint density at radius 1 is 1.35 bits per heavy atom. The smallest absolute Gasteiger partial charge is 0.133 e. The van der Waals surface area contributed by atoms with Crippen molar-refractivity contribution in [1.82, 2.24) is 9.78 Å². The van der Waals surface area contributed by atoms with Crippen LogP contribution in [0, 0.1) is 5.82 Å². The van der Waals surface area contributed by atoms with Crippen LogP contribution in [0.25, 0.3) is 11.1 Å². The van der Waals surface area contributed by atoms with E-state index in [0.29, 0.717) is 16.9 Å². The molecule has 0 saturated carbocycles. The second-order valence-corrected chi connectivity index (χ2v) is 4.10. The van der Waals surface area contributed by atoms with Gasteiger partial charge in [-0.25, -0.2) is 4.39 Å². The summed E-state index contributed by atoms with van der Waals surface area (Å²) in [4.78, 5) is 1.85. The van der Waals surface area contributed by atoms with E-state index in [1.807, 2.05) is 25.1 Å². The molecule has 0 spiro atoms. The zero-order valence-electron chi connectivity index (χ0n) is 10.1. The maximum absolute atomic E-state index is 14.0. The molecule has 0 aliphatic heterocycles. The van der Waals surface area contributed by atoms with Crippen LogP contribution in [0.1, 0.15) is 0 Å². The Bertz CT molecular complexity index is 545. The lowest BCUT2D eigenvalue weighted by atomic mass is 10.1. The van der Waals surface area contributed by atoms with Gasteiger partial charge in [-0.15, -0.1) is 0 Å². The molecule has 0 fully saturated rings. The first-order valence-electron chi connectivity index (χ1n) is 5.26. The number of hydrogen-bond donors (Lipinski definition) is 1. The average molecular weight is 234 g/mol. The molecule has 0 amide bonds. The minimum atomic E-state index is -0.295. The molecule has 2 aromatic rings. The summed E-state index contributed by atoms with van der Waals surface area (Å²) in [5.41, 5.74) is 7.78. The molecular weight excluding hydrogens is 219 g/mol. The van der Waals surface area contributed by atoms with Crippen LogP contribution < -0.4 is 10.6 Å².